The topological polar surface area (TPSA) is 89.8 Å². The van der Waals surface area contributed by atoms with E-state index in [1.54, 1.807) is 4.68 Å². The van der Waals surface area contributed by atoms with E-state index >= 15 is 0 Å². The number of H-pyrrole nitrogens is 1. The van der Waals surface area contributed by atoms with Crippen molar-refractivity contribution < 1.29 is 4.42 Å². The summed E-state index contributed by atoms with van der Waals surface area (Å²) in [5.74, 6) is 0.371. The first-order valence-electron chi connectivity index (χ1n) is 7.10. The standard InChI is InChI=1S/C16H16N4O2/c1-16(2,3)20-13(17)11-12(19-20)10-8-6-4-5-7-9(8)22-15(10)18-14(11)21/h4-7H,17H2,1-3H3,(H,18,21). The number of hydrogen-bond acceptors (Lipinski definition) is 4. The van der Waals surface area contributed by atoms with Crippen LogP contribution < -0.4 is 11.3 Å². The number of fused-ring (bicyclic) bond motifs is 5. The van der Waals surface area contributed by atoms with Crippen molar-refractivity contribution in [2.75, 3.05) is 5.73 Å². The molecule has 3 heterocycles. The summed E-state index contributed by atoms with van der Waals surface area (Å²) in [5, 5.41) is 6.72. The van der Waals surface area contributed by atoms with Crippen molar-refractivity contribution in [3.05, 3.63) is 34.6 Å². The molecular weight excluding hydrogens is 280 g/mol. The Morgan fingerprint density at radius 3 is 2.68 bits per heavy atom. The molecule has 3 N–H and O–H groups in total. The molecule has 22 heavy (non-hydrogen) atoms. The first kappa shape index (κ1) is 12.9. The molecule has 0 fully saturated rings. The average Bonchev–Trinajstić information content (AvgIpc) is 2.96. The summed E-state index contributed by atoms with van der Waals surface area (Å²) in [5.41, 5.74) is 7.30. The fourth-order valence-electron chi connectivity index (χ4n) is 2.88. The minimum absolute atomic E-state index is 0.283. The highest BCUT2D eigenvalue weighted by atomic mass is 16.3. The van der Waals surface area contributed by atoms with Crippen molar-refractivity contribution in [3.63, 3.8) is 0 Å². The van der Waals surface area contributed by atoms with E-state index in [1.807, 2.05) is 45.0 Å². The van der Waals surface area contributed by atoms with Crippen LogP contribution in [0.5, 0.6) is 0 Å². The van der Waals surface area contributed by atoms with Gasteiger partial charge >= 0.3 is 0 Å². The molecule has 4 aromatic rings. The highest BCUT2D eigenvalue weighted by Crippen LogP contribution is 2.34. The second kappa shape index (κ2) is 3.91. The van der Waals surface area contributed by atoms with Crippen LogP contribution in [-0.4, -0.2) is 14.8 Å². The van der Waals surface area contributed by atoms with Crippen molar-refractivity contribution in [1.29, 1.82) is 0 Å². The molecule has 112 valence electrons. The number of nitrogens with zero attached hydrogens (tertiary/aromatic N) is 2. The minimum atomic E-state index is -0.318. The van der Waals surface area contributed by atoms with Gasteiger partial charge in [0.1, 0.15) is 22.3 Å². The van der Waals surface area contributed by atoms with Gasteiger partial charge in [-0.05, 0) is 26.8 Å². The van der Waals surface area contributed by atoms with Gasteiger partial charge in [0.15, 0.2) is 0 Å². The van der Waals surface area contributed by atoms with Gasteiger partial charge in [0.05, 0.1) is 10.9 Å². The molecule has 0 radical (unpaired) electrons. The lowest BCUT2D eigenvalue weighted by atomic mass is 10.1. The molecular formula is C16H16N4O2. The van der Waals surface area contributed by atoms with Crippen LogP contribution in [0.25, 0.3) is 33.0 Å². The van der Waals surface area contributed by atoms with Crippen LogP contribution in [0, 0.1) is 0 Å². The molecule has 0 unspecified atom stereocenters. The summed E-state index contributed by atoms with van der Waals surface area (Å²) in [7, 11) is 0. The molecule has 0 atom stereocenters. The first-order chi connectivity index (χ1) is 10.4. The van der Waals surface area contributed by atoms with Gasteiger partial charge in [-0.15, -0.1) is 0 Å². The molecule has 0 spiro atoms. The van der Waals surface area contributed by atoms with Crippen LogP contribution in [0.2, 0.25) is 0 Å². The number of aromatic amines is 1. The van der Waals surface area contributed by atoms with Gasteiger partial charge in [-0.2, -0.15) is 5.10 Å². The van der Waals surface area contributed by atoms with Crippen LogP contribution in [0.3, 0.4) is 0 Å². The zero-order chi connectivity index (χ0) is 15.6. The van der Waals surface area contributed by atoms with Crippen LogP contribution in [0.1, 0.15) is 20.8 Å². The monoisotopic (exact) mass is 296 g/mol. The summed E-state index contributed by atoms with van der Waals surface area (Å²) >= 11 is 0. The number of rotatable bonds is 0. The highest BCUT2D eigenvalue weighted by Gasteiger charge is 2.24. The molecule has 6 nitrogen and oxygen atoms in total. The number of pyridine rings is 1. The number of hydrogen-bond donors (Lipinski definition) is 2. The van der Waals surface area contributed by atoms with Gasteiger partial charge in [-0.3, -0.25) is 9.78 Å². The molecule has 0 aliphatic heterocycles. The van der Waals surface area contributed by atoms with Gasteiger partial charge in [0.2, 0.25) is 5.71 Å². The Morgan fingerprint density at radius 1 is 1.23 bits per heavy atom. The van der Waals surface area contributed by atoms with E-state index in [4.69, 9.17) is 10.2 Å². The maximum atomic E-state index is 12.4. The van der Waals surface area contributed by atoms with Crippen LogP contribution in [-0.2, 0) is 5.54 Å². The molecule has 4 rings (SSSR count). The maximum absolute atomic E-state index is 12.4. The van der Waals surface area contributed by atoms with Gasteiger partial charge < -0.3 is 10.2 Å². The van der Waals surface area contributed by atoms with Gasteiger partial charge in [0.25, 0.3) is 5.56 Å². The van der Waals surface area contributed by atoms with Crippen LogP contribution >= 0.6 is 0 Å². The number of nitrogen functional groups attached to an aromatic ring is 1. The smallest absolute Gasteiger partial charge is 0.264 e. The Hall–Kier alpha value is -2.76. The first-order valence-corrected chi connectivity index (χ1v) is 7.10. The summed E-state index contributed by atoms with van der Waals surface area (Å²) in [6.07, 6.45) is 0. The second-order valence-electron chi connectivity index (χ2n) is 6.45. The van der Waals surface area contributed by atoms with E-state index in [0.717, 1.165) is 10.8 Å². The quantitative estimate of drug-likeness (QED) is 0.522. The lowest BCUT2D eigenvalue weighted by Gasteiger charge is -2.20. The van der Waals surface area contributed by atoms with Crippen molar-refractivity contribution in [2.45, 2.75) is 26.3 Å². The fourth-order valence-corrected chi connectivity index (χ4v) is 2.88. The van der Waals surface area contributed by atoms with Crippen molar-refractivity contribution in [1.82, 2.24) is 14.8 Å². The van der Waals surface area contributed by atoms with Gasteiger partial charge in [0, 0.05) is 5.39 Å². The number of benzene rings is 1. The van der Waals surface area contributed by atoms with E-state index in [1.165, 1.54) is 0 Å². The van der Waals surface area contributed by atoms with Crippen molar-refractivity contribution in [3.8, 4) is 0 Å². The minimum Gasteiger partial charge on any atom is -0.440 e. The third-order valence-corrected chi connectivity index (χ3v) is 3.84. The molecule has 0 saturated heterocycles. The van der Waals surface area contributed by atoms with E-state index < -0.39 is 0 Å². The Balaban J connectivity index is 2.31. The number of anilines is 1. The van der Waals surface area contributed by atoms with E-state index in [2.05, 4.69) is 10.1 Å². The van der Waals surface area contributed by atoms with Crippen molar-refractivity contribution in [2.24, 2.45) is 0 Å². The Morgan fingerprint density at radius 2 is 1.95 bits per heavy atom. The molecule has 6 heteroatoms. The fraction of sp³-hybridized carbons (Fsp3) is 0.250. The van der Waals surface area contributed by atoms with Crippen LogP contribution in [0.15, 0.2) is 33.5 Å². The predicted octanol–water partition coefficient (Wildman–Crippen LogP) is 2.96. The summed E-state index contributed by atoms with van der Waals surface area (Å²) in [6.45, 7) is 5.98. The number of para-hydroxylation sites is 1. The number of aromatic nitrogens is 3. The highest BCUT2D eigenvalue weighted by molar-refractivity contribution is 6.17. The van der Waals surface area contributed by atoms with E-state index in [-0.39, 0.29) is 11.1 Å². The van der Waals surface area contributed by atoms with E-state index in [9.17, 15) is 4.79 Å². The van der Waals surface area contributed by atoms with Crippen molar-refractivity contribution >= 4 is 38.8 Å². The van der Waals surface area contributed by atoms with Gasteiger partial charge in [-0.1, -0.05) is 18.2 Å². The molecule has 0 bridgehead atoms. The average molecular weight is 296 g/mol. The summed E-state index contributed by atoms with van der Waals surface area (Å²) < 4.78 is 7.42. The van der Waals surface area contributed by atoms with Gasteiger partial charge in [-0.25, -0.2) is 4.68 Å². The van der Waals surface area contributed by atoms with E-state index in [0.29, 0.717) is 28.0 Å². The Bertz CT molecular complexity index is 1090. The third kappa shape index (κ3) is 1.55. The molecule has 3 aromatic heterocycles. The third-order valence-electron chi connectivity index (χ3n) is 3.84. The maximum Gasteiger partial charge on any atom is 0.264 e. The second-order valence-corrected chi connectivity index (χ2v) is 6.45. The normalized spacial score (nSPS) is 12.7. The largest absolute Gasteiger partial charge is 0.440 e. The number of nitrogens with one attached hydrogen (secondary N) is 1. The number of furan rings is 1. The Labute approximate surface area is 125 Å². The molecule has 0 aliphatic rings. The zero-order valence-corrected chi connectivity index (χ0v) is 12.6. The lowest BCUT2D eigenvalue weighted by molar-refractivity contribution is 0.364. The summed E-state index contributed by atoms with van der Waals surface area (Å²) in [4.78, 5) is 15.2. The summed E-state index contributed by atoms with van der Waals surface area (Å²) in [6, 6.07) is 7.63. The zero-order valence-electron chi connectivity index (χ0n) is 12.6. The van der Waals surface area contributed by atoms with Crippen LogP contribution in [0.4, 0.5) is 5.82 Å². The molecule has 0 saturated carbocycles. The molecule has 0 amide bonds. The number of nitrogens with two attached hydrogens (primary N) is 1. The molecule has 0 aliphatic carbocycles. The molecule has 1 aromatic carbocycles. The lowest BCUT2D eigenvalue weighted by Crippen LogP contribution is -2.24. The Kier molecular flexibility index (Phi) is 2.30. The SMILES string of the molecule is CC(C)(C)n1nc2c(c1N)c(=O)[nH]c1oc3ccccc3c12. The predicted molar refractivity (Wildman–Crippen MR) is 87.0 cm³/mol.